The highest BCUT2D eigenvalue weighted by Gasteiger charge is 2.14. The van der Waals surface area contributed by atoms with Crippen LogP contribution in [0.4, 0.5) is 0 Å². The number of hydrogen-bond donors (Lipinski definition) is 2. The first kappa shape index (κ1) is 17.6. The minimum absolute atomic E-state index is 0.328. The lowest BCUT2D eigenvalue weighted by atomic mass is 9.95. The summed E-state index contributed by atoms with van der Waals surface area (Å²) in [5.74, 6) is 1.90. The average Bonchev–Trinajstić information content (AvgIpc) is 2.67. The summed E-state index contributed by atoms with van der Waals surface area (Å²) in [6.45, 7) is 0.677. The van der Waals surface area contributed by atoms with Gasteiger partial charge in [0.2, 0.25) is 0 Å². The third-order valence-corrected chi connectivity index (χ3v) is 4.98. The third kappa shape index (κ3) is 4.26. The molecular formula is C21H27NO3. The summed E-state index contributed by atoms with van der Waals surface area (Å²) in [5.41, 5.74) is 2.88. The molecule has 4 nitrogen and oxygen atoms in total. The Balaban J connectivity index is 1.83. The second-order valence-corrected chi connectivity index (χ2v) is 6.63. The number of benzene rings is 2. The smallest absolute Gasteiger partial charge is 0.126 e. The molecule has 2 aromatic carbocycles. The van der Waals surface area contributed by atoms with Gasteiger partial charge in [-0.15, -0.1) is 0 Å². The molecule has 0 heterocycles. The molecule has 0 spiro atoms. The van der Waals surface area contributed by atoms with Crippen molar-refractivity contribution in [2.45, 2.75) is 44.7 Å². The van der Waals surface area contributed by atoms with Crippen LogP contribution in [-0.2, 0) is 6.54 Å². The molecule has 0 aromatic heterocycles. The maximum atomic E-state index is 10.2. The topological polar surface area (TPSA) is 50.7 Å². The van der Waals surface area contributed by atoms with Gasteiger partial charge in [0.1, 0.15) is 17.2 Å². The average molecular weight is 341 g/mol. The Bertz CT molecular complexity index is 708. The van der Waals surface area contributed by atoms with Gasteiger partial charge in [0, 0.05) is 23.7 Å². The molecule has 0 unspecified atom stereocenters. The van der Waals surface area contributed by atoms with Crippen LogP contribution in [-0.4, -0.2) is 25.4 Å². The number of ether oxygens (including phenoxy) is 2. The molecule has 25 heavy (non-hydrogen) atoms. The van der Waals surface area contributed by atoms with Crippen molar-refractivity contribution in [3.8, 4) is 28.4 Å². The Kier molecular flexibility index (Phi) is 5.82. The lowest BCUT2D eigenvalue weighted by Crippen LogP contribution is -2.30. The molecule has 0 aliphatic heterocycles. The molecule has 2 aromatic rings. The lowest BCUT2D eigenvalue weighted by Gasteiger charge is -2.23. The molecule has 1 fully saturated rings. The molecule has 0 saturated heterocycles. The van der Waals surface area contributed by atoms with Gasteiger partial charge < -0.3 is 19.9 Å². The minimum Gasteiger partial charge on any atom is -0.508 e. The van der Waals surface area contributed by atoms with Crippen molar-refractivity contribution in [3.63, 3.8) is 0 Å². The normalized spacial score (nSPS) is 15.1. The Hall–Kier alpha value is -2.20. The highest BCUT2D eigenvalue weighted by Crippen LogP contribution is 2.35. The molecule has 1 saturated carbocycles. The van der Waals surface area contributed by atoms with E-state index in [1.165, 1.54) is 32.1 Å². The van der Waals surface area contributed by atoms with Gasteiger partial charge in [-0.25, -0.2) is 0 Å². The van der Waals surface area contributed by atoms with E-state index in [9.17, 15) is 5.11 Å². The molecule has 0 radical (unpaired) electrons. The van der Waals surface area contributed by atoms with E-state index >= 15 is 0 Å². The van der Waals surface area contributed by atoms with Crippen molar-refractivity contribution in [3.05, 3.63) is 42.0 Å². The summed E-state index contributed by atoms with van der Waals surface area (Å²) in [6, 6.07) is 12.0. The molecule has 4 heteroatoms. The fourth-order valence-corrected chi connectivity index (χ4v) is 3.50. The van der Waals surface area contributed by atoms with Gasteiger partial charge >= 0.3 is 0 Å². The molecule has 2 N–H and O–H groups in total. The second-order valence-electron chi connectivity index (χ2n) is 6.63. The molecule has 0 amide bonds. The Morgan fingerprint density at radius 3 is 2.52 bits per heavy atom. The standard InChI is InChI=1S/C21H27NO3/c1-24-18-9-11-21(25-2)19(13-18)15-8-10-20(23)16(12-15)14-22-17-6-4-3-5-7-17/h8-13,17,22-23H,3-7,14H2,1-2H3. The fraction of sp³-hybridized carbons (Fsp3) is 0.429. The molecule has 134 valence electrons. The van der Waals surface area contributed by atoms with Crippen LogP contribution in [0.3, 0.4) is 0 Å². The minimum atomic E-state index is 0.328. The van der Waals surface area contributed by atoms with E-state index in [0.29, 0.717) is 18.3 Å². The first-order chi connectivity index (χ1) is 12.2. The van der Waals surface area contributed by atoms with Gasteiger partial charge in [-0.1, -0.05) is 25.3 Å². The van der Waals surface area contributed by atoms with Crippen LogP contribution in [0.15, 0.2) is 36.4 Å². The first-order valence-electron chi connectivity index (χ1n) is 8.99. The second kappa shape index (κ2) is 8.26. The van der Waals surface area contributed by atoms with Gasteiger partial charge in [0.05, 0.1) is 14.2 Å². The van der Waals surface area contributed by atoms with Crippen molar-refractivity contribution in [2.75, 3.05) is 14.2 Å². The molecule has 0 atom stereocenters. The zero-order valence-electron chi connectivity index (χ0n) is 15.0. The SMILES string of the molecule is COc1ccc(OC)c(-c2ccc(O)c(CNC3CCCCC3)c2)c1. The van der Waals surface area contributed by atoms with Gasteiger partial charge in [-0.05, 0) is 48.7 Å². The number of aromatic hydroxyl groups is 1. The van der Waals surface area contributed by atoms with E-state index in [4.69, 9.17) is 9.47 Å². The van der Waals surface area contributed by atoms with Crippen molar-refractivity contribution in [2.24, 2.45) is 0 Å². The zero-order chi connectivity index (χ0) is 17.6. The molecule has 1 aliphatic carbocycles. The van der Waals surface area contributed by atoms with E-state index in [2.05, 4.69) is 5.32 Å². The molecule has 1 aliphatic rings. The van der Waals surface area contributed by atoms with Crippen molar-refractivity contribution >= 4 is 0 Å². The summed E-state index contributed by atoms with van der Waals surface area (Å²) in [7, 11) is 3.32. The van der Waals surface area contributed by atoms with E-state index in [1.807, 2.05) is 30.3 Å². The number of nitrogens with one attached hydrogen (secondary N) is 1. The first-order valence-corrected chi connectivity index (χ1v) is 8.99. The monoisotopic (exact) mass is 341 g/mol. The number of rotatable bonds is 6. The quantitative estimate of drug-likeness (QED) is 0.812. The number of hydrogen-bond acceptors (Lipinski definition) is 4. The Morgan fingerprint density at radius 2 is 1.80 bits per heavy atom. The van der Waals surface area contributed by atoms with Gasteiger partial charge in [0.25, 0.3) is 0 Å². The third-order valence-electron chi connectivity index (χ3n) is 4.98. The van der Waals surface area contributed by atoms with Gasteiger partial charge in [0.15, 0.2) is 0 Å². The van der Waals surface area contributed by atoms with Crippen LogP contribution in [0.1, 0.15) is 37.7 Å². The molecular weight excluding hydrogens is 314 g/mol. The Morgan fingerprint density at radius 1 is 1.00 bits per heavy atom. The largest absolute Gasteiger partial charge is 0.508 e. The van der Waals surface area contributed by atoms with E-state index < -0.39 is 0 Å². The fourth-order valence-electron chi connectivity index (χ4n) is 3.50. The zero-order valence-corrected chi connectivity index (χ0v) is 15.0. The van der Waals surface area contributed by atoms with Gasteiger partial charge in [-0.2, -0.15) is 0 Å². The lowest BCUT2D eigenvalue weighted by molar-refractivity contribution is 0.369. The number of methoxy groups -OCH3 is 2. The summed E-state index contributed by atoms with van der Waals surface area (Å²) in [5, 5.41) is 13.8. The highest BCUT2D eigenvalue weighted by molar-refractivity contribution is 5.73. The van der Waals surface area contributed by atoms with Gasteiger partial charge in [-0.3, -0.25) is 0 Å². The summed E-state index contributed by atoms with van der Waals surface area (Å²) in [4.78, 5) is 0. The van der Waals surface area contributed by atoms with Crippen LogP contribution < -0.4 is 14.8 Å². The van der Waals surface area contributed by atoms with Crippen LogP contribution in [0.5, 0.6) is 17.2 Å². The molecule has 3 rings (SSSR count). The maximum absolute atomic E-state index is 10.2. The molecule has 0 bridgehead atoms. The Labute approximate surface area is 149 Å². The van der Waals surface area contributed by atoms with Crippen LogP contribution in [0.2, 0.25) is 0 Å². The summed E-state index contributed by atoms with van der Waals surface area (Å²) in [6.07, 6.45) is 6.39. The maximum Gasteiger partial charge on any atom is 0.126 e. The van der Waals surface area contributed by atoms with Crippen molar-refractivity contribution < 1.29 is 14.6 Å². The van der Waals surface area contributed by atoms with Crippen LogP contribution in [0, 0.1) is 0 Å². The van der Waals surface area contributed by atoms with Crippen LogP contribution in [0.25, 0.3) is 11.1 Å². The van der Waals surface area contributed by atoms with Crippen molar-refractivity contribution in [1.29, 1.82) is 0 Å². The highest BCUT2D eigenvalue weighted by atomic mass is 16.5. The van der Waals surface area contributed by atoms with E-state index in [-0.39, 0.29) is 0 Å². The van der Waals surface area contributed by atoms with E-state index in [0.717, 1.165) is 28.2 Å². The van der Waals surface area contributed by atoms with Crippen LogP contribution >= 0.6 is 0 Å². The predicted molar refractivity (Wildman–Crippen MR) is 100 cm³/mol. The number of phenols is 1. The summed E-state index contributed by atoms with van der Waals surface area (Å²) >= 11 is 0. The van der Waals surface area contributed by atoms with Crippen molar-refractivity contribution in [1.82, 2.24) is 5.32 Å². The summed E-state index contributed by atoms with van der Waals surface area (Å²) < 4.78 is 10.8. The number of phenolic OH excluding ortho intramolecular Hbond substituents is 1. The van der Waals surface area contributed by atoms with E-state index in [1.54, 1.807) is 20.3 Å². The predicted octanol–water partition coefficient (Wildman–Crippen LogP) is 4.50.